The highest BCUT2D eigenvalue weighted by Crippen LogP contribution is 2.36. The summed E-state index contributed by atoms with van der Waals surface area (Å²) < 4.78 is 10.4. The lowest BCUT2D eigenvalue weighted by atomic mass is 10.2. The van der Waals surface area contributed by atoms with Gasteiger partial charge in [0.1, 0.15) is 22.2 Å². The van der Waals surface area contributed by atoms with Gasteiger partial charge in [0.2, 0.25) is 0 Å². The molecule has 1 aromatic carbocycles. The lowest BCUT2D eigenvalue weighted by molar-refractivity contribution is 0.102. The van der Waals surface area contributed by atoms with Crippen LogP contribution in [0.3, 0.4) is 0 Å². The standard InChI is InChI=1S/C16H13ClN2O3S2/c1-21-12-7-10(13(22-2)6-9(12)17)18-15(20)11-8-24-16(19-11)14-4-3-5-23-14/h3-8H,1-2H3,(H,18,20). The molecule has 0 aliphatic heterocycles. The fourth-order valence-corrected chi connectivity index (χ4v) is 3.88. The maximum absolute atomic E-state index is 12.5. The number of carbonyl (C=O) groups excluding carboxylic acids is 1. The summed E-state index contributed by atoms with van der Waals surface area (Å²) in [5.41, 5.74) is 0.814. The van der Waals surface area contributed by atoms with Crippen LogP contribution in [0.1, 0.15) is 10.5 Å². The van der Waals surface area contributed by atoms with Crippen molar-refractivity contribution in [3.63, 3.8) is 0 Å². The molecular weight excluding hydrogens is 368 g/mol. The van der Waals surface area contributed by atoms with Crippen molar-refractivity contribution in [1.29, 1.82) is 0 Å². The van der Waals surface area contributed by atoms with Crippen LogP contribution in [0, 0.1) is 0 Å². The molecule has 2 aromatic heterocycles. The maximum atomic E-state index is 12.5. The van der Waals surface area contributed by atoms with Crippen LogP contribution in [0.2, 0.25) is 5.02 Å². The van der Waals surface area contributed by atoms with Crippen molar-refractivity contribution in [1.82, 2.24) is 4.98 Å². The zero-order chi connectivity index (χ0) is 17.1. The Morgan fingerprint density at radius 1 is 1.21 bits per heavy atom. The Morgan fingerprint density at radius 2 is 2.00 bits per heavy atom. The summed E-state index contributed by atoms with van der Waals surface area (Å²) in [5, 5.41) is 7.70. The Bertz CT molecular complexity index is 862. The van der Waals surface area contributed by atoms with Crippen molar-refractivity contribution in [3.05, 3.63) is 45.7 Å². The van der Waals surface area contributed by atoms with Crippen LogP contribution in [0.4, 0.5) is 5.69 Å². The van der Waals surface area contributed by atoms with Gasteiger partial charge in [0.15, 0.2) is 0 Å². The van der Waals surface area contributed by atoms with Gasteiger partial charge in [0, 0.05) is 17.5 Å². The molecule has 0 saturated heterocycles. The van der Waals surface area contributed by atoms with Gasteiger partial charge in [-0.2, -0.15) is 0 Å². The van der Waals surface area contributed by atoms with Gasteiger partial charge in [-0.3, -0.25) is 4.79 Å². The van der Waals surface area contributed by atoms with E-state index in [0.29, 0.717) is 27.9 Å². The van der Waals surface area contributed by atoms with E-state index in [1.54, 1.807) is 28.8 Å². The highest BCUT2D eigenvalue weighted by atomic mass is 35.5. The summed E-state index contributed by atoms with van der Waals surface area (Å²) >= 11 is 9.08. The molecule has 0 aliphatic rings. The molecule has 0 fully saturated rings. The smallest absolute Gasteiger partial charge is 0.275 e. The summed E-state index contributed by atoms with van der Waals surface area (Å²) in [6.07, 6.45) is 0. The number of hydrogen-bond donors (Lipinski definition) is 1. The molecular formula is C16H13ClN2O3S2. The predicted octanol–water partition coefficient (Wildman–Crippen LogP) is 4.79. The summed E-state index contributed by atoms with van der Waals surface area (Å²) in [7, 11) is 3.01. The Labute approximate surface area is 151 Å². The first kappa shape index (κ1) is 16.8. The molecule has 1 amide bonds. The molecule has 8 heteroatoms. The predicted molar refractivity (Wildman–Crippen MR) is 97.9 cm³/mol. The van der Waals surface area contributed by atoms with Crippen molar-refractivity contribution in [2.24, 2.45) is 0 Å². The number of carbonyl (C=O) groups is 1. The lowest BCUT2D eigenvalue weighted by Gasteiger charge is -2.12. The molecule has 0 aliphatic carbocycles. The normalized spacial score (nSPS) is 10.5. The van der Waals surface area contributed by atoms with E-state index in [2.05, 4.69) is 10.3 Å². The van der Waals surface area contributed by atoms with Gasteiger partial charge in [-0.1, -0.05) is 17.7 Å². The number of benzene rings is 1. The van der Waals surface area contributed by atoms with Gasteiger partial charge < -0.3 is 14.8 Å². The highest BCUT2D eigenvalue weighted by Gasteiger charge is 2.16. The van der Waals surface area contributed by atoms with Crippen molar-refractivity contribution in [3.8, 4) is 21.4 Å². The van der Waals surface area contributed by atoms with Crippen molar-refractivity contribution in [2.45, 2.75) is 0 Å². The fraction of sp³-hybridized carbons (Fsp3) is 0.125. The van der Waals surface area contributed by atoms with E-state index in [-0.39, 0.29) is 5.91 Å². The average molecular weight is 381 g/mol. The van der Waals surface area contributed by atoms with E-state index in [1.165, 1.54) is 25.6 Å². The number of nitrogens with one attached hydrogen (secondary N) is 1. The number of rotatable bonds is 5. The number of halogens is 1. The van der Waals surface area contributed by atoms with E-state index < -0.39 is 0 Å². The van der Waals surface area contributed by atoms with E-state index >= 15 is 0 Å². The third kappa shape index (κ3) is 3.38. The lowest BCUT2D eigenvalue weighted by Crippen LogP contribution is -2.13. The minimum atomic E-state index is -0.322. The minimum absolute atomic E-state index is 0.322. The number of ether oxygens (including phenoxy) is 2. The summed E-state index contributed by atoms with van der Waals surface area (Å²) in [5.74, 6) is 0.574. The first-order valence-corrected chi connectivity index (χ1v) is 8.98. The van der Waals surface area contributed by atoms with E-state index in [4.69, 9.17) is 21.1 Å². The van der Waals surface area contributed by atoms with Crippen LogP contribution >= 0.6 is 34.3 Å². The third-order valence-corrected chi connectivity index (χ3v) is 5.37. The van der Waals surface area contributed by atoms with E-state index in [0.717, 1.165) is 9.88 Å². The van der Waals surface area contributed by atoms with Crippen molar-refractivity contribution >= 4 is 45.9 Å². The molecule has 0 bridgehead atoms. The monoisotopic (exact) mass is 380 g/mol. The molecule has 3 rings (SSSR count). The number of methoxy groups -OCH3 is 2. The summed E-state index contributed by atoms with van der Waals surface area (Å²) in [4.78, 5) is 17.9. The molecule has 2 heterocycles. The van der Waals surface area contributed by atoms with Crippen LogP contribution in [-0.2, 0) is 0 Å². The molecule has 5 nitrogen and oxygen atoms in total. The van der Waals surface area contributed by atoms with Crippen LogP contribution in [0.25, 0.3) is 9.88 Å². The minimum Gasteiger partial charge on any atom is -0.495 e. The first-order chi connectivity index (χ1) is 11.6. The molecule has 0 saturated carbocycles. The van der Waals surface area contributed by atoms with Crippen LogP contribution in [0.5, 0.6) is 11.5 Å². The molecule has 0 radical (unpaired) electrons. The summed E-state index contributed by atoms with van der Waals surface area (Å²) in [6.45, 7) is 0. The first-order valence-electron chi connectivity index (χ1n) is 6.84. The molecule has 0 unspecified atom stereocenters. The van der Waals surface area contributed by atoms with Gasteiger partial charge in [-0.05, 0) is 11.4 Å². The van der Waals surface area contributed by atoms with Gasteiger partial charge in [-0.15, -0.1) is 22.7 Å². The molecule has 1 N–H and O–H groups in total. The molecule has 124 valence electrons. The Morgan fingerprint density at radius 3 is 2.67 bits per heavy atom. The van der Waals surface area contributed by atoms with Gasteiger partial charge in [0.05, 0.1) is 29.8 Å². The van der Waals surface area contributed by atoms with Gasteiger partial charge >= 0.3 is 0 Å². The third-order valence-electron chi connectivity index (χ3n) is 3.19. The fourth-order valence-electron chi connectivity index (χ4n) is 2.04. The second-order valence-electron chi connectivity index (χ2n) is 4.66. The quantitative estimate of drug-likeness (QED) is 0.691. The van der Waals surface area contributed by atoms with Gasteiger partial charge in [0.25, 0.3) is 5.91 Å². The van der Waals surface area contributed by atoms with E-state index in [1.807, 2.05) is 17.5 Å². The molecule has 24 heavy (non-hydrogen) atoms. The van der Waals surface area contributed by atoms with Crippen LogP contribution in [-0.4, -0.2) is 25.1 Å². The highest BCUT2D eigenvalue weighted by molar-refractivity contribution is 7.20. The molecule has 0 atom stereocenters. The number of amides is 1. The topological polar surface area (TPSA) is 60.5 Å². The van der Waals surface area contributed by atoms with Gasteiger partial charge in [-0.25, -0.2) is 4.98 Å². The van der Waals surface area contributed by atoms with Crippen molar-refractivity contribution in [2.75, 3.05) is 19.5 Å². The number of thiophene rings is 1. The Kier molecular flexibility index (Phi) is 5.03. The molecule has 0 spiro atoms. The Hall–Kier alpha value is -2.09. The number of aromatic nitrogens is 1. The number of nitrogens with zero attached hydrogens (tertiary/aromatic N) is 1. The zero-order valence-corrected chi connectivity index (χ0v) is 15.2. The SMILES string of the molecule is COc1cc(NC(=O)c2csc(-c3cccs3)n2)c(OC)cc1Cl. The zero-order valence-electron chi connectivity index (χ0n) is 12.8. The Balaban J connectivity index is 1.85. The second-order valence-corrected chi connectivity index (χ2v) is 6.87. The largest absolute Gasteiger partial charge is 0.495 e. The van der Waals surface area contributed by atoms with Crippen LogP contribution in [0.15, 0.2) is 35.0 Å². The second kappa shape index (κ2) is 7.21. The number of hydrogen-bond acceptors (Lipinski definition) is 6. The van der Waals surface area contributed by atoms with E-state index in [9.17, 15) is 4.79 Å². The number of anilines is 1. The average Bonchev–Trinajstić information content (AvgIpc) is 3.26. The van der Waals surface area contributed by atoms with Crippen molar-refractivity contribution < 1.29 is 14.3 Å². The van der Waals surface area contributed by atoms with Crippen LogP contribution < -0.4 is 14.8 Å². The molecule has 3 aromatic rings. The number of thiazole rings is 1. The maximum Gasteiger partial charge on any atom is 0.275 e. The summed E-state index contributed by atoms with van der Waals surface area (Å²) in [6, 6.07) is 7.13.